The number of amides is 1. The number of carbonyl (C=O) groups excluding carboxylic acids is 3. The van der Waals surface area contributed by atoms with Gasteiger partial charge in [-0.05, 0) is 49.4 Å². The van der Waals surface area contributed by atoms with Gasteiger partial charge in [0.05, 0.1) is 30.2 Å². The van der Waals surface area contributed by atoms with E-state index in [1.165, 1.54) is 13.2 Å². The Hall–Kier alpha value is -2.51. The van der Waals surface area contributed by atoms with Crippen LogP contribution in [0.15, 0.2) is 24.3 Å². The van der Waals surface area contributed by atoms with Gasteiger partial charge in [0.1, 0.15) is 5.75 Å². The molecule has 0 spiro atoms. The van der Waals surface area contributed by atoms with Crippen molar-refractivity contribution < 1.29 is 28.6 Å². The van der Waals surface area contributed by atoms with Crippen molar-refractivity contribution in [2.45, 2.75) is 19.8 Å². The Morgan fingerprint density at radius 3 is 2.65 bits per heavy atom. The number of fused-ring (bicyclic) bond motifs is 1. The molecule has 1 fully saturated rings. The maximum atomic E-state index is 12.8. The van der Waals surface area contributed by atoms with Crippen molar-refractivity contribution in [1.29, 1.82) is 0 Å². The average Bonchev–Trinajstić information content (AvgIpc) is 2.76. The lowest BCUT2D eigenvalue weighted by Crippen LogP contribution is -2.44. The summed E-state index contributed by atoms with van der Waals surface area (Å²) in [7, 11) is 1.28. The number of nitrogens with zero attached hydrogens (tertiary/aromatic N) is 1. The molecule has 0 aliphatic carbocycles. The highest BCUT2D eigenvalue weighted by Gasteiger charge is 2.29. The molecule has 9 heteroatoms. The molecule has 2 aromatic carbocycles. The number of benzene rings is 2. The van der Waals surface area contributed by atoms with E-state index in [0.717, 1.165) is 0 Å². The van der Waals surface area contributed by atoms with E-state index in [1.54, 1.807) is 30.0 Å². The number of hydrogen-bond acceptors (Lipinski definition) is 6. The molecular weight excluding hydrogens is 445 g/mol. The number of rotatable bonds is 6. The molecule has 3 rings (SSSR count). The number of methoxy groups -OCH3 is 1. The van der Waals surface area contributed by atoms with E-state index >= 15 is 0 Å². The predicted octanol–water partition coefficient (Wildman–Crippen LogP) is 4.11. The van der Waals surface area contributed by atoms with Gasteiger partial charge in [-0.3, -0.25) is 9.59 Å². The Kier molecular flexibility index (Phi) is 7.62. The smallest absolute Gasteiger partial charge is 0.338 e. The second kappa shape index (κ2) is 10.2. The molecule has 0 saturated carbocycles. The van der Waals surface area contributed by atoms with Gasteiger partial charge >= 0.3 is 11.9 Å². The SMILES string of the molecule is CCOC(=O)C1CCCN(C(=O)COc2cc(C(=O)OC)cc3cc(Cl)cc(Cl)c23)C1. The van der Waals surface area contributed by atoms with Crippen molar-refractivity contribution in [1.82, 2.24) is 4.90 Å². The summed E-state index contributed by atoms with van der Waals surface area (Å²) in [6.45, 7) is 2.62. The minimum absolute atomic E-state index is 0.246. The van der Waals surface area contributed by atoms with E-state index in [1.807, 2.05) is 0 Å². The maximum Gasteiger partial charge on any atom is 0.338 e. The van der Waals surface area contributed by atoms with Crippen molar-refractivity contribution in [2.24, 2.45) is 5.92 Å². The lowest BCUT2D eigenvalue weighted by atomic mass is 9.98. The number of esters is 2. The summed E-state index contributed by atoms with van der Waals surface area (Å²) in [6.07, 6.45) is 1.39. The summed E-state index contributed by atoms with van der Waals surface area (Å²) in [5.74, 6) is -1.18. The summed E-state index contributed by atoms with van der Waals surface area (Å²) in [5.41, 5.74) is 0.246. The second-order valence-electron chi connectivity index (χ2n) is 7.17. The molecule has 1 unspecified atom stereocenters. The monoisotopic (exact) mass is 467 g/mol. The highest BCUT2D eigenvalue weighted by Crippen LogP contribution is 2.36. The largest absolute Gasteiger partial charge is 0.483 e. The van der Waals surface area contributed by atoms with Crippen LogP contribution in [0.3, 0.4) is 0 Å². The number of halogens is 2. The molecule has 0 radical (unpaired) electrons. The first kappa shape index (κ1) is 23.2. The van der Waals surface area contributed by atoms with E-state index in [-0.39, 0.29) is 35.7 Å². The van der Waals surface area contributed by atoms with Crippen LogP contribution in [0.2, 0.25) is 10.0 Å². The van der Waals surface area contributed by atoms with Gasteiger partial charge in [0.15, 0.2) is 6.61 Å². The highest BCUT2D eigenvalue weighted by atomic mass is 35.5. The summed E-state index contributed by atoms with van der Waals surface area (Å²) in [5, 5.41) is 1.86. The fourth-order valence-electron chi connectivity index (χ4n) is 3.63. The van der Waals surface area contributed by atoms with Gasteiger partial charge in [0, 0.05) is 23.5 Å². The minimum atomic E-state index is -0.553. The van der Waals surface area contributed by atoms with Gasteiger partial charge in [-0.15, -0.1) is 0 Å². The number of piperidine rings is 1. The zero-order valence-corrected chi connectivity index (χ0v) is 18.8. The molecular formula is C22H23Cl2NO6. The van der Waals surface area contributed by atoms with E-state index in [0.29, 0.717) is 53.4 Å². The number of ether oxygens (including phenoxy) is 3. The van der Waals surface area contributed by atoms with E-state index in [2.05, 4.69) is 0 Å². The van der Waals surface area contributed by atoms with Crippen LogP contribution in [-0.4, -0.2) is 56.2 Å². The quantitative estimate of drug-likeness (QED) is 0.594. The molecule has 1 atom stereocenters. The van der Waals surface area contributed by atoms with Crippen LogP contribution in [-0.2, 0) is 19.1 Å². The fourth-order valence-corrected chi connectivity index (χ4v) is 4.23. The summed E-state index contributed by atoms with van der Waals surface area (Å²) in [6, 6.07) is 6.30. The van der Waals surface area contributed by atoms with E-state index in [4.69, 9.17) is 37.4 Å². The minimum Gasteiger partial charge on any atom is -0.483 e. The Labute approximate surface area is 190 Å². The van der Waals surface area contributed by atoms with Crippen LogP contribution in [0, 0.1) is 5.92 Å². The molecule has 1 heterocycles. The molecule has 0 aromatic heterocycles. The number of likely N-dealkylation sites (tertiary alicyclic amines) is 1. The molecule has 7 nitrogen and oxygen atoms in total. The van der Waals surface area contributed by atoms with Gasteiger partial charge in [0.25, 0.3) is 5.91 Å². The van der Waals surface area contributed by atoms with Crippen molar-refractivity contribution >= 4 is 51.8 Å². The van der Waals surface area contributed by atoms with Crippen molar-refractivity contribution in [3.8, 4) is 5.75 Å². The highest BCUT2D eigenvalue weighted by molar-refractivity contribution is 6.39. The summed E-state index contributed by atoms with van der Waals surface area (Å²) < 4.78 is 15.7. The summed E-state index contributed by atoms with van der Waals surface area (Å²) >= 11 is 12.4. The molecule has 1 amide bonds. The Balaban J connectivity index is 1.80. The van der Waals surface area contributed by atoms with Crippen LogP contribution in [0.4, 0.5) is 0 Å². The Morgan fingerprint density at radius 2 is 1.94 bits per heavy atom. The normalized spacial score (nSPS) is 16.1. The number of carbonyl (C=O) groups is 3. The maximum absolute atomic E-state index is 12.8. The molecule has 1 saturated heterocycles. The molecule has 166 valence electrons. The zero-order valence-electron chi connectivity index (χ0n) is 17.3. The van der Waals surface area contributed by atoms with Gasteiger partial charge < -0.3 is 19.1 Å². The van der Waals surface area contributed by atoms with Crippen LogP contribution in [0.5, 0.6) is 5.75 Å². The fraction of sp³-hybridized carbons (Fsp3) is 0.409. The first-order chi connectivity index (χ1) is 14.8. The summed E-state index contributed by atoms with van der Waals surface area (Å²) in [4.78, 5) is 38.4. The van der Waals surface area contributed by atoms with Crippen molar-refractivity contribution in [3.63, 3.8) is 0 Å². The standard InChI is InChI=1S/C22H23Cl2NO6/c1-3-30-22(28)13-5-4-6-25(11-13)19(26)12-31-18-9-15(21(27)29-2)7-14-8-16(23)10-17(24)20(14)18/h7-10,13H,3-6,11-12H2,1-2H3. The van der Waals surface area contributed by atoms with Gasteiger partial charge in [-0.25, -0.2) is 4.79 Å². The second-order valence-corrected chi connectivity index (χ2v) is 8.01. The number of hydrogen-bond donors (Lipinski definition) is 0. The third-order valence-electron chi connectivity index (χ3n) is 5.10. The van der Waals surface area contributed by atoms with Crippen LogP contribution < -0.4 is 4.74 Å². The Morgan fingerprint density at radius 1 is 1.16 bits per heavy atom. The van der Waals surface area contributed by atoms with Crippen molar-refractivity contribution in [3.05, 3.63) is 39.9 Å². The predicted molar refractivity (Wildman–Crippen MR) is 117 cm³/mol. The van der Waals surface area contributed by atoms with Crippen LogP contribution >= 0.6 is 23.2 Å². The lowest BCUT2D eigenvalue weighted by Gasteiger charge is -2.31. The third-order valence-corrected chi connectivity index (χ3v) is 5.61. The van der Waals surface area contributed by atoms with E-state index < -0.39 is 5.97 Å². The Bertz CT molecular complexity index is 1010. The molecule has 0 bridgehead atoms. The third kappa shape index (κ3) is 5.40. The van der Waals surface area contributed by atoms with Crippen LogP contribution in [0.25, 0.3) is 10.8 Å². The average molecular weight is 468 g/mol. The van der Waals surface area contributed by atoms with E-state index in [9.17, 15) is 14.4 Å². The molecule has 0 N–H and O–H groups in total. The molecule has 1 aliphatic rings. The van der Waals surface area contributed by atoms with Crippen molar-refractivity contribution in [2.75, 3.05) is 33.4 Å². The first-order valence-electron chi connectivity index (χ1n) is 9.92. The van der Waals surface area contributed by atoms with Gasteiger partial charge in [-0.2, -0.15) is 0 Å². The molecule has 31 heavy (non-hydrogen) atoms. The van der Waals surface area contributed by atoms with Gasteiger partial charge in [-0.1, -0.05) is 23.2 Å². The van der Waals surface area contributed by atoms with Crippen LogP contribution in [0.1, 0.15) is 30.1 Å². The molecule has 1 aliphatic heterocycles. The first-order valence-corrected chi connectivity index (χ1v) is 10.7. The van der Waals surface area contributed by atoms with Gasteiger partial charge in [0.2, 0.25) is 0 Å². The zero-order chi connectivity index (χ0) is 22.5. The topological polar surface area (TPSA) is 82.1 Å². The molecule has 2 aromatic rings. The lowest BCUT2D eigenvalue weighted by molar-refractivity contribution is -0.151.